The smallest absolute Gasteiger partial charge is 0.408 e. The third-order valence-corrected chi connectivity index (χ3v) is 17.4. The first kappa shape index (κ1) is 106. The molecule has 6 rings (SSSR count). The molecule has 2 aliphatic heterocycles. The zero-order valence-electron chi connectivity index (χ0n) is 71.9. The van der Waals surface area contributed by atoms with Crippen molar-refractivity contribution in [3.8, 4) is 0 Å². The number of anilines is 2. The zero-order chi connectivity index (χ0) is 93.0. The van der Waals surface area contributed by atoms with E-state index < -0.39 is 119 Å². The monoisotopic (exact) mass is 1770 g/mol. The molecule has 0 unspecified atom stereocenters. The van der Waals surface area contributed by atoms with Gasteiger partial charge in [-0.3, -0.25) is 33.6 Å². The SMILES string of the molecule is CC(C)(C)OC(=O)N[C@@H](CCCCN)C(=O)O.C[C@@H](CCCCCC(=O)c1cc(NC(=O)NCCOCCOCCNC(=O)OCc2ccccc2)cc(C(=O)CCCCC[C@H](NC(=O)OC(C)(C)C)C(=O)O)c1)C(=O)O.O=C(NCCOCCOCCNC(=O)OCc1ccccc1)Nc1cc(C(=O)ON2C(=O)CCC2=O)cc(C(=O)ON2C(=O)CCC2=O)c1. The molecule has 12 amide bonds. The zero-order valence-corrected chi connectivity index (χ0v) is 71.9. The number of rotatable bonds is 51. The molecule has 41 heteroatoms. The largest absolute Gasteiger partial charge is 0.481 e. The van der Waals surface area contributed by atoms with Crippen molar-refractivity contribution in [3.05, 3.63) is 130 Å². The van der Waals surface area contributed by atoms with Crippen LogP contribution in [0.15, 0.2) is 97.1 Å². The van der Waals surface area contributed by atoms with E-state index in [-0.39, 0.29) is 182 Å². The molecule has 2 saturated heterocycles. The third kappa shape index (κ3) is 45.6. The van der Waals surface area contributed by atoms with Crippen LogP contribution in [0.2, 0.25) is 0 Å². The van der Waals surface area contributed by atoms with Crippen LogP contribution in [0.4, 0.5) is 40.1 Å². The summed E-state index contributed by atoms with van der Waals surface area (Å²) in [5.41, 5.74) is 5.52. The highest BCUT2D eigenvalue weighted by molar-refractivity contribution is 6.06. The molecule has 4 aromatic carbocycles. The maximum atomic E-state index is 13.3. The van der Waals surface area contributed by atoms with Crippen LogP contribution in [0.1, 0.15) is 210 Å². The maximum absolute atomic E-state index is 13.3. The van der Waals surface area contributed by atoms with E-state index in [0.717, 1.165) is 35.7 Å². The van der Waals surface area contributed by atoms with Crippen molar-refractivity contribution >= 4 is 113 Å². The van der Waals surface area contributed by atoms with E-state index in [2.05, 4.69) is 42.5 Å². The summed E-state index contributed by atoms with van der Waals surface area (Å²) in [5.74, 6) is -9.45. The lowest BCUT2D eigenvalue weighted by Gasteiger charge is -2.22. The number of carbonyl (C=O) groups is 17. The molecule has 13 N–H and O–H groups in total. The average molecular weight is 1770 g/mol. The van der Waals surface area contributed by atoms with E-state index in [1.807, 2.05) is 60.7 Å². The highest BCUT2D eigenvalue weighted by Crippen LogP contribution is 2.25. The number of Topliss-reactive ketones (excluding diaryl/α,β-unsaturated/α-hetero) is 2. The standard InChI is InChI=1S/C43H62N4O13.C31H33N5O13.C11H22N2O4/c1-30(38(50)51)14-8-5-12-18-36(48)32-26-33(37(49)19-13-7-11-17-35(39(52)53)47-42(56)60-43(2,3)4)28-34(27-32)46-40(54)44-20-22-57-24-25-58-23-21-45-41(55)59-29-31-15-9-6-10-16-31;37-24-6-7-25(38)35(24)48-28(41)21-16-22(29(42)49-36-26(39)8-9-27(36)40)18-23(17-21)34-30(43)32-10-12-45-14-15-46-13-11-33-31(44)47-19-20-4-2-1-3-5-20;1-11(2,3)17-10(16)13-8(9(14)15)6-4-5-7-12/h6,9-10,15-16,26-28,30,35H,5,7-8,11-14,17-25,29H2,1-4H3,(H,45,55)(H,47,56)(H,50,51)(H,52,53)(H2,44,46,54);1-5,16-18H,6-15,19H2,(H,33,44)(H2,32,34,43);8H,4-7,12H2,1-3H3,(H,13,16)(H,14,15)/t30-,35-;;8-/m0.0/s1. The van der Waals surface area contributed by atoms with Crippen LogP contribution in [0.5, 0.6) is 0 Å². The minimum Gasteiger partial charge on any atom is -0.481 e. The van der Waals surface area contributed by atoms with E-state index in [1.165, 1.54) is 18.2 Å². The summed E-state index contributed by atoms with van der Waals surface area (Å²) in [7, 11) is 0. The Hall–Kier alpha value is -12.7. The Morgan fingerprint density at radius 1 is 0.405 bits per heavy atom. The van der Waals surface area contributed by atoms with Gasteiger partial charge in [0.1, 0.15) is 36.5 Å². The van der Waals surface area contributed by atoms with Crippen LogP contribution >= 0.6 is 0 Å². The quantitative estimate of drug-likeness (QED) is 0.00848. The summed E-state index contributed by atoms with van der Waals surface area (Å²) < 4.78 is 42.1. The van der Waals surface area contributed by atoms with Crippen LogP contribution in [-0.2, 0) is 94.3 Å². The molecule has 2 heterocycles. The first-order valence-corrected chi connectivity index (χ1v) is 41.1. The number of nitrogens with one attached hydrogen (secondary N) is 8. The van der Waals surface area contributed by atoms with E-state index >= 15 is 0 Å². The van der Waals surface area contributed by atoms with Crippen LogP contribution < -0.4 is 48.3 Å². The summed E-state index contributed by atoms with van der Waals surface area (Å²) in [4.78, 5) is 215. The molecule has 0 radical (unpaired) electrons. The second-order valence-corrected chi connectivity index (χ2v) is 30.4. The number of carboxylic acids is 3. The van der Waals surface area contributed by atoms with Gasteiger partial charge in [-0.25, -0.2) is 47.9 Å². The van der Waals surface area contributed by atoms with Gasteiger partial charge in [0, 0.05) is 87.2 Å². The Bertz CT molecular complexity index is 4150. The summed E-state index contributed by atoms with van der Waals surface area (Å²) in [5, 5.41) is 48.3. The fourth-order valence-electron chi connectivity index (χ4n) is 11.1. The molecule has 2 fully saturated rings. The Morgan fingerprint density at radius 3 is 1.08 bits per heavy atom. The number of hydroxylamine groups is 4. The molecule has 3 atom stereocenters. The van der Waals surface area contributed by atoms with Gasteiger partial charge in [-0.05, 0) is 141 Å². The number of unbranched alkanes of at least 4 members (excludes halogenated alkanes) is 5. The molecular formula is C85H117N11O30. The van der Waals surface area contributed by atoms with Crippen molar-refractivity contribution in [1.82, 2.24) is 42.0 Å². The molecule has 41 nitrogen and oxygen atoms in total. The lowest BCUT2D eigenvalue weighted by molar-refractivity contribution is -0.173. The number of imide groups is 2. The number of ether oxygens (including phenoxy) is 8. The second kappa shape index (κ2) is 57.7. The van der Waals surface area contributed by atoms with Crippen LogP contribution in [0, 0.1) is 5.92 Å². The number of amides is 12. The maximum Gasteiger partial charge on any atom is 0.408 e. The highest BCUT2D eigenvalue weighted by Gasteiger charge is 2.36. The first-order valence-electron chi connectivity index (χ1n) is 41.1. The van der Waals surface area contributed by atoms with Crippen LogP contribution in [0.25, 0.3) is 0 Å². The molecule has 0 spiro atoms. The van der Waals surface area contributed by atoms with Gasteiger partial charge in [-0.15, -0.1) is 10.1 Å². The van der Waals surface area contributed by atoms with Crippen LogP contribution in [-0.4, -0.2) is 236 Å². The number of benzene rings is 4. The van der Waals surface area contributed by atoms with Crippen molar-refractivity contribution in [2.45, 2.75) is 194 Å². The number of alkyl carbamates (subject to hydrolysis) is 4. The summed E-state index contributed by atoms with van der Waals surface area (Å²) >= 11 is 0. The minimum atomic E-state index is -1.20. The molecule has 4 aromatic rings. The highest BCUT2D eigenvalue weighted by atomic mass is 16.7. The van der Waals surface area contributed by atoms with E-state index in [1.54, 1.807) is 48.5 Å². The Labute approximate surface area is 728 Å². The molecule has 2 aliphatic rings. The topological polar surface area (TPSA) is 572 Å². The number of nitrogens with two attached hydrogens (primary N) is 1. The first-order chi connectivity index (χ1) is 59.9. The average Bonchev–Trinajstić information content (AvgIpc) is 1.43. The number of hydrogen-bond acceptors (Lipinski definition) is 28. The number of carboxylic acid groups (broad SMARTS) is 3. The third-order valence-electron chi connectivity index (χ3n) is 17.4. The number of urea groups is 2. The lowest BCUT2D eigenvalue weighted by atomic mass is 9.97. The van der Waals surface area contributed by atoms with Crippen molar-refractivity contribution in [3.63, 3.8) is 0 Å². The Balaban J connectivity index is 0.000000451. The molecule has 0 aromatic heterocycles. The summed E-state index contributed by atoms with van der Waals surface area (Å²) in [6.07, 6.45) is 2.57. The molecule has 692 valence electrons. The van der Waals surface area contributed by atoms with Crippen molar-refractivity contribution < 1.29 is 144 Å². The van der Waals surface area contributed by atoms with Gasteiger partial charge in [0.25, 0.3) is 23.6 Å². The minimum absolute atomic E-state index is 0.0512. The van der Waals surface area contributed by atoms with E-state index in [4.69, 9.17) is 63.5 Å². The Kier molecular flexibility index (Phi) is 48.3. The van der Waals surface area contributed by atoms with Gasteiger partial charge >= 0.3 is 66.3 Å². The number of ketones is 2. The number of hydrogen-bond donors (Lipinski definition) is 12. The fraction of sp³-hybridized carbons (Fsp3) is 0.518. The van der Waals surface area contributed by atoms with Crippen molar-refractivity contribution in [2.75, 3.05) is 96.2 Å². The van der Waals surface area contributed by atoms with E-state index in [0.29, 0.717) is 74.5 Å². The van der Waals surface area contributed by atoms with Crippen molar-refractivity contribution in [1.29, 1.82) is 0 Å². The predicted molar refractivity (Wildman–Crippen MR) is 449 cm³/mol. The Morgan fingerprint density at radius 2 is 0.738 bits per heavy atom. The van der Waals surface area contributed by atoms with Gasteiger partial charge in [0.05, 0.1) is 69.9 Å². The summed E-state index contributed by atoms with van der Waals surface area (Å²) in [6, 6.07) is 22.8. The number of nitrogens with zero attached hydrogens (tertiary/aromatic N) is 2. The summed E-state index contributed by atoms with van der Waals surface area (Å²) in [6.45, 7) is 15.0. The lowest BCUT2D eigenvalue weighted by Crippen LogP contribution is -2.43. The second-order valence-electron chi connectivity index (χ2n) is 30.4. The van der Waals surface area contributed by atoms with E-state index in [9.17, 15) is 86.6 Å². The number of carbonyl (C=O) groups excluding carboxylic acids is 14. The molecule has 0 aliphatic carbocycles. The van der Waals surface area contributed by atoms with Crippen molar-refractivity contribution in [2.24, 2.45) is 11.7 Å². The fourth-order valence-corrected chi connectivity index (χ4v) is 11.1. The van der Waals surface area contributed by atoms with Crippen LogP contribution in [0.3, 0.4) is 0 Å². The molecule has 0 bridgehead atoms. The molecule has 0 saturated carbocycles. The molecule has 126 heavy (non-hydrogen) atoms. The van der Waals surface area contributed by atoms with Gasteiger partial charge in [0.15, 0.2) is 11.6 Å². The predicted octanol–water partition coefficient (Wildman–Crippen LogP) is 9.04. The molecular weight excluding hydrogens is 1650 g/mol. The van der Waals surface area contributed by atoms with Gasteiger partial charge in [0.2, 0.25) is 0 Å². The normalized spacial score (nSPS) is 13.0. The van der Waals surface area contributed by atoms with Gasteiger partial charge < -0.3 is 111 Å². The number of aliphatic carboxylic acids is 3. The van der Waals surface area contributed by atoms with Gasteiger partial charge in [-0.1, -0.05) is 93.3 Å². The van der Waals surface area contributed by atoms with Gasteiger partial charge in [-0.2, -0.15) is 0 Å².